The summed E-state index contributed by atoms with van der Waals surface area (Å²) < 4.78 is 2.69. The summed E-state index contributed by atoms with van der Waals surface area (Å²) in [6, 6.07) is 11.3. The van der Waals surface area contributed by atoms with Crippen LogP contribution in [0.25, 0.3) is 11.0 Å². The van der Waals surface area contributed by atoms with E-state index in [-0.39, 0.29) is 24.4 Å². The van der Waals surface area contributed by atoms with E-state index in [9.17, 15) is 9.59 Å². The number of hydrogen-bond donors (Lipinski definition) is 2. The lowest BCUT2D eigenvalue weighted by Gasteiger charge is -2.34. The van der Waals surface area contributed by atoms with Gasteiger partial charge < -0.3 is 5.11 Å². The molecule has 0 bridgehead atoms. The van der Waals surface area contributed by atoms with Crippen molar-refractivity contribution in [2.45, 2.75) is 13.1 Å². The lowest BCUT2D eigenvalue weighted by Crippen LogP contribution is -2.52. The fourth-order valence-electron chi connectivity index (χ4n) is 3.91. The molecule has 2 N–H and O–H groups in total. The van der Waals surface area contributed by atoms with Crippen molar-refractivity contribution in [2.75, 3.05) is 39.3 Å². The van der Waals surface area contributed by atoms with Crippen molar-refractivity contribution >= 4 is 11.0 Å². The SMILES string of the molecule is Cn1c(=O)n(Cc2ccccc2)c(=O)c2cc(CNN3CCN(CCO)CC3)cnc21. The Morgan fingerprint density at radius 3 is 2.52 bits per heavy atom. The number of nitrogens with zero attached hydrogens (tertiary/aromatic N) is 5. The Labute approximate surface area is 180 Å². The molecule has 164 valence electrons. The van der Waals surface area contributed by atoms with Crippen LogP contribution in [0.4, 0.5) is 0 Å². The number of hydrazine groups is 1. The Kier molecular flexibility index (Phi) is 6.57. The van der Waals surface area contributed by atoms with Crippen LogP contribution in [0.15, 0.2) is 52.2 Å². The molecule has 3 aromatic rings. The molecule has 0 unspecified atom stereocenters. The molecule has 1 aliphatic rings. The number of aliphatic hydroxyl groups is 1. The van der Waals surface area contributed by atoms with Crippen molar-refractivity contribution in [1.82, 2.24) is 29.5 Å². The lowest BCUT2D eigenvalue weighted by molar-refractivity contribution is 0.0763. The van der Waals surface area contributed by atoms with Crippen LogP contribution < -0.4 is 16.7 Å². The summed E-state index contributed by atoms with van der Waals surface area (Å²) in [6.07, 6.45) is 1.71. The van der Waals surface area contributed by atoms with Gasteiger partial charge in [0.2, 0.25) is 0 Å². The predicted molar refractivity (Wildman–Crippen MR) is 119 cm³/mol. The number of aromatic nitrogens is 3. The Bertz CT molecular complexity index is 1150. The average Bonchev–Trinajstić information content (AvgIpc) is 2.81. The molecule has 3 heterocycles. The van der Waals surface area contributed by atoms with Gasteiger partial charge >= 0.3 is 5.69 Å². The topological polar surface area (TPSA) is 95.6 Å². The van der Waals surface area contributed by atoms with Crippen LogP contribution in [0.2, 0.25) is 0 Å². The number of hydrogen-bond acceptors (Lipinski definition) is 7. The maximum absolute atomic E-state index is 13.1. The molecule has 0 aliphatic carbocycles. The predicted octanol–water partition coefficient (Wildman–Crippen LogP) is -0.242. The van der Waals surface area contributed by atoms with Crippen molar-refractivity contribution in [3.8, 4) is 0 Å². The van der Waals surface area contributed by atoms with Crippen LogP contribution in [0.3, 0.4) is 0 Å². The maximum Gasteiger partial charge on any atom is 0.332 e. The Hall–Kier alpha value is -2.85. The van der Waals surface area contributed by atoms with Gasteiger partial charge in [-0.3, -0.25) is 24.3 Å². The number of aryl methyl sites for hydroxylation is 1. The van der Waals surface area contributed by atoms with E-state index < -0.39 is 0 Å². The lowest BCUT2D eigenvalue weighted by atomic mass is 10.2. The zero-order chi connectivity index (χ0) is 21.8. The third-order valence-corrected chi connectivity index (χ3v) is 5.71. The van der Waals surface area contributed by atoms with Crippen LogP contribution in [-0.2, 0) is 20.1 Å². The number of piperazine rings is 1. The Morgan fingerprint density at radius 1 is 1.06 bits per heavy atom. The molecular formula is C22H28N6O3. The highest BCUT2D eigenvalue weighted by molar-refractivity contribution is 5.74. The van der Waals surface area contributed by atoms with E-state index >= 15 is 0 Å². The van der Waals surface area contributed by atoms with Gasteiger partial charge in [0.05, 0.1) is 18.5 Å². The first-order valence-electron chi connectivity index (χ1n) is 10.5. The molecular weight excluding hydrogens is 396 g/mol. The molecule has 4 rings (SSSR count). The summed E-state index contributed by atoms with van der Waals surface area (Å²) in [5.74, 6) is 0. The zero-order valence-corrected chi connectivity index (χ0v) is 17.7. The molecule has 0 atom stereocenters. The first kappa shape index (κ1) is 21.4. The minimum absolute atomic E-state index is 0.181. The highest BCUT2D eigenvalue weighted by Gasteiger charge is 2.17. The van der Waals surface area contributed by atoms with Gasteiger partial charge in [0.15, 0.2) is 0 Å². The van der Waals surface area contributed by atoms with Crippen molar-refractivity contribution in [3.63, 3.8) is 0 Å². The van der Waals surface area contributed by atoms with E-state index in [1.54, 1.807) is 13.2 Å². The van der Waals surface area contributed by atoms with Crippen LogP contribution in [0.1, 0.15) is 11.1 Å². The zero-order valence-electron chi connectivity index (χ0n) is 17.7. The van der Waals surface area contributed by atoms with Gasteiger partial charge in [-0.2, -0.15) is 0 Å². The quantitative estimate of drug-likeness (QED) is 0.540. The normalized spacial score (nSPS) is 15.5. The number of aliphatic hydroxyl groups excluding tert-OH is 1. The fraction of sp³-hybridized carbons (Fsp3) is 0.409. The molecule has 9 heteroatoms. The molecule has 1 fully saturated rings. The minimum Gasteiger partial charge on any atom is -0.395 e. The van der Waals surface area contributed by atoms with E-state index in [4.69, 9.17) is 5.11 Å². The van der Waals surface area contributed by atoms with E-state index in [2.05, 4.69) is 20.3 Å². The van der Waals surface area contributed by atoms with Crippen LogP contribution in [0.5, 0.6) is 0 Å². The Morgan fingerprint density at radius 2 is 1.81 bits per heavy atom. The van der Waals surface area contributed by atoms with Crippen molar-refractivity contribution < 1.29 is 5.11 Å². The maximum atomic E-state index is 13.1. The summed E-state index contributed by atoms with van der Waals surface area (Å²) in [5.41, 5.74) is 4.86. The van der Waals surface area contributed by atoms with Crippen molar-refractivity contribution in [2.24, 2.45) is 7.05 Å². The molecule has 0 saturated carbocycles. The summed E-state index contributed by atoms with van der Waals surface area (Å²) >= 11 is 0. The number of fused-ring (bicyclic) bond motifs is 1. The standard InChI is InChI=1S/C22H28N6O3/c1-25-20-19(21(30)28(22(25)31)16-17-5-3-2-4-6-17)13-18(14-23-20)15-24-27-9-7-26(8-10-27)11-12-29/h2-6,13-14,24,29H,7-12,15-16H2,1H3. The van der Waals surface area contributed by atoms with E-state index in [1.807, 2.05) is 36.4 Å². The first-order chi connectivity index (χ1) is 15.1. The second-order valence-corrected chi connectivity index (χ2v) is 7.82. The van der Waals surface area contributed by atoms with Crippen LogP contribution in [-0.4, -0.2) is 68.5 Å². The molecule has 31 heavy (non-hydrogen) atoms. The van der Waals surface area contributed by atoms with Gasteiger partial charge in [-0.15, -0.1) is 0 Å². The summed E-state index contributed by atoms with van der Waals surface area (Å²) in [7, 11) is 1.64. The largest absolute Gasteiger partial charge is 0.395 e. The van der Waals surface area contributed by atoms with E-state index in [0.29, 0.717) is 24.1 Å². The highest BCUT2D eigenvalue weighted by Crippen LogP contribution is 2.09. The molecule has 0 radical (unpaired) electrons. The van der Waals surface area contributed by atoms with Gasteiger partial charge in [-0.1, -0.05) is 30.3 Å². The molecule has 2 aromatic heterocycles. The van der Waals surface area contributed by atoms with Crippen LogP contribution >= 0.6 is 0 Å². The van der Waals surface area contributed by atoms with Gasteiger partial charge in [-0.25, -0.2) is 14.8 Å². The number of benzene rings is 1. The number of pyridine rings is 1. The van der Waals surface area contributed by atoms with E-state index in [0.717, 1.165) is 37.3 Å². The third-order valence-electron chi connectivity index (χ3n) is 5.71. The second kappa shape index (κ2) is 9.52. The van der Waals surface area contributed by atoms with Gasteiger partial charge in [-0.05, 0) is 17.2 Å². The van der Waals surface area contributed by atoms with Gasteiger partial charge in [0.25, 0.3) is 5.56 Å². The second-order valence-electron chi connectivity index (χ2n) is 7.82. The molecule has 0 spiro atoms. The van der Waals surface area contributed by atoms with E-state index in [1.165, 1.54) is 9.13 Å². The molecule has 9 nitrogen and oxygen atoms in total. The molecule has 1 aliphatic heterocycles. The van der Waals surface area contributed by atoms with Gasteiger partial charge in [0, 0.05) is 52.5 Å². The van der Waals surface area contributed by atoms with Crippen molar-refractivity contribution in [1.29, 1.82) is 0 Å². The number of β-amino-alcohol motifs (C(OH)–C–C–N with tert-alkyl or cyclic N) is 1. The number of nitrogens with one attached hydrogen (secondary N) is 1. The molecule has 1 saturated heterocycles. The molecule has 0 amide bonds. The van der Waals surface area contributed by atoms with Crippen molar-refractivity contribution in [3.05, 3.63) is 74.6 Å². The Balaban J connectivity index is 1.54. The summed E-state index contributed by atoms with van der Waals surface area (Å²) in [5, 5.41) is 11.6. The fourth-order valence-corrected chi connectivity index (χ4v) is 3.91. The number of rotatable bonds is 7. The smallest absolute Gasteiger partial charge is 0.332 e. The highest BCUT2D eigenvalue weighted by atomic mass is 16.3. The summed E-state index contributed by atoms with van der Waals surface area (Å²) in [4.78, 5) is 32.5. The monoisotopic (exact) mass is 424 g/mol. The molecule has 1 aromatic carbocycles. The summed E-state index contributed by atoms with van der Waals surface area (Å²) in [6.45, 7) is 5.17. The van der Waals surface area contributed by atoms with Gasteiger partial charge in [0.1, 0.15) is 5.65 Å². The third kappa shape index (κ3) is 4.75. The minimum atomic E-state index is -0.375. The average molecular weight is 425 g/mol. The first-order valence-corrected chi connectivity index (χ1v) is 10.5. The van der Waals surface area contributed by atoms with Crippen LogP contribution in [0, 0.1) is 0 Å².